The Morgan fingerprint density at radius 2 is 1.81 bits per heavy atom. The van der Waals surface area contributed by atoms with Gasteiger partial charge in [0.1, 0.15) is 11.1 Å². The van der Waals surface area contributed by atoms with E-state index in [0.29, 0.717) is 12.8 Å². The van der Waals surface area contributed by atoms with Crippen LogP contribution in [-0.4, -0.2) is 45.6 Å². The van der Waals surface area contributed by atoms with E-state index < -0.39 is 16.6 Å². The van der Waals surface area contributed by atoms with Crippen molar-refractivity contribution in [3.63, 3.8) is 0 Å². The molecule has 2 aliphatic rings. The number of alkyl halides is 3. The van der Waals surface area contributed by atoms with E-state index in [0.717, 1.165) is 12.8 Å². The first-order valence-corrected chi connectivity index (χ1v) is 7.92. The maximum atomic E-state index is 12.7. The number of carbonyl (C=O) groups is 2. The fraction of sp³-hybridized carbons (Fsp3) is 0.846. The van der Waals surface area contributed by atoms with Crippen LogP contribution in [0.4, 0.5) is 13.2 Å². The van der Waals surface area contributed by atoms with Crippen LogP contribution in [0.2, 0.25) is 0 Å². The van der Waals surface area contributed by atoms with Crippen LogP contribution in [0.1, 0.15) is 39.5 Å². The van der Waals surface area contributed by atoms with Gasteiger partial charge in [0, 0.05) is 12.3 Å². The topological polar surface area (TPSA) is 49.4 Å². The Morgan fingerprint density at radius 1 is 1.24 bits per heavy atom. The Kier molecular flexibility index (Phi) is 4.21. The molecule has 0 aromatic rings. The molecule has 1 spiro atoms. The second kappa shape index (κ2) is 5.37. The van der Waals surface area contributed by atoms with Gasteiger partial charge in [0.25, 0.3) is 0 Å². The van der Waals surface area contributed by atoms with Crippen molar-refractivity contribution in [2.45, 2.75) is 56.1 Å². The van der Waals surface area contributed by atoms with E-state index in [1.54, 1.807) is 13.8 Å². The molecule has 1 aliphatic heterocycles. The second-order valence-corrected chi connectivity index (χ2v) is 7.21. The fourth-order valence-corrected chi connectivity index (χ4v) is 3.51. The minimum Gasteiger partial charge on any atom is -0.340 e. The van der Waals surface area contributed by atoms with Crippen molar-refractivity contribution in [2.24, 2.45) is 0 Å². The first kappa shape index (κ1) is 16.5. The minimum atomic E-state index is -4.32. The summed E-state index contributed by atoms with van der Waals surface area (Å²) in [5, 5.41) is 2.81. The first-order valence-electron chi connectivity index (χ1n) is 6.94. The summed E-state index contributed by atoms with van der Waals surface area (Å²) in [5.41, 5.74) is -6.33. The predicted octanol–water partition coefficient (Wildman–Crippen LogP) is 2.29. The quantitative estimate of drug-likeness (QED) is 0.866. The van der Waals surface area contributed by atoms with Gasteiger partial charge in [-0.15, -0.1) is 0 Å². The SMILES string of the molecule is CC1(C)C(=O)NC2(CCCC2)C(=O)N1CCSC(F)(F)F. The molecule has 1 saturated carbocycles. The molecule has 1 heterocycles. The van der Waals surface area contributed by atoms with E-state index in [2.05, 4.69) is 5.32 Å². The highest BCUT2D eigenvalue weighted by Gasteiger charge is 2.55. The molecule has 0 aromatic carbocycles. The van der Waals surface area contributed by atoms with Crippen molar-refractivity contribution in [3.8, 4) is 0 Å². The summed E-state index contributed by atoms with van der Waals surface area (Å²) in [6.07, 6.45) is 2.82. The lowest BCUT2D eigenvalue weighted by molar-refractivity contribution is -0.160. The zero-order valence-electron chi connectivity index (χ0n) is 12.0. The highest BCUT2D eigenvalue weighted by Crippen LogP contribution is 2.38. The van der Waals surface area contributed by atoms with Gasteiger partial charge in [0.05, 0.1) is 0 Å². The Bertz CT molecular complexity index is 445. The molecule has 0 unspecified atom stereocenters. The second-order valence-electron chi connectivity index (χ2n) is 6.05. The number of piperazine rings is 1. The van der Waals surface area contributed by atoms with Crippen molar-refractivity contribution in [2.75, 3.05) is 12.3 Å². The maximum Gasteiger partial charge on any atom is 0.441 e. The molecule has 0 radical (unpaired) electrons. The monoisotopic (exact) mass is 324 g/mol. The third-order valence-corrected chi connectivity index (χ3v) is 4.99. The Morgan fingerprint density at radius 3 is 2.33 bits per heavy atom. The minimum absolute atomic E-state index is 0.0782. The van der Waals surface area contributed by atoms with E-state index in [9.17, 15) is 22.8 Å². The van der Waals surface area contributed by atoms with Gasteiger partial charge in [0.15, 0.2) is 0 Å². The summed E-state index contributed by atoms with van der Waals surface area (Å²) < 4.78 is 36.8. The number of amides is 2. The van der Waals surface area contributed by atoms with Gasteiger partial charge in [-0.05, 0) is 38.5 Å². The normalized spacial score (nSPS) is 24.5. The largest absolute Gasteiger partial charge is 0.441 e. The molecule has 8 heteroatoms. The van der Waals surface area contributed by atoms with Crippen LogP contribution in [-0.2, 0) is 9.59 Å². The van der Waals surface area contributed by atoms with Gasteiger partial charge in [-0.1, -0.05) is 12.8 Å². The highest BCUT2D eigenvalue weighted by atomic mass is 32.2. The van der Waals surface area contributed by atoms with E-state index >= 15 is 0 Å². The number of hydrogen-bond donors (Lipinski definition) is 1. The van der Waals surface area contributed by atoms with Gasteiger partial charge >= 0.3 is 5.51 Å². The van der Waals surface area contributed by atoms with Crippen molar-refractivity contribution in [1.82, 2.24) is 10.2 Å². The van der Waals surface area contributed by atoms with Gasteiger partial charge in [-0.2, -0.15) is 13.2 Å². The summed E-state index contributed by atoms with van der Waals surface area (Å²) in [4.78, 5) is 26.3. The number of nitrogens with one attached hydrogen (secondary N) is 1. The van der Waals surface area contributed by atoms with Crippen LogP contribution in [0.15, 0.2) is 0 Å². The van der Waals surface area contributed by atoms with Crippen LogP contribution in [0.3, 0.4) is 0 Å². The lowest BCUT2D eigenvalue weighted by atomic mass is 9.86. The number of carbonyl (C=O) groups excluding carboxylic acids is 2. The van der Waals surface area contributed by atoms with E-state index in [4.69, 9.17) is 0 Å². The molecule has 0 aromatic heterocycles. The molecule has 0 atom stereocenters. The maximum absolute atomic E-state index is 12.7. The average Bonchev–Trinajstić information content (AvgIpc) is 2.80. The summed E-state index contributed by atoms with van der Waals surface area (Å²) in [7, 11) is 0. The van der Waals surface area contributed by atoms with Gasteiger partial charge < -0.3 is 10.2 Å². The molecule has 21 heavy (non-hydrogen) atoms. The van der Waals surface area contributed by atoms with Crippen molar-refractivity contribution in [1.29, 1.82) is 0 Å². The summed E-state index contributed by atoms with van der Waals surface area (Å²) in [6.45, 7) is 3.06. The van der Waals surface area contributed by atoms with Crippen molar-refractivity contribution < 1.29 is 22.8 Å². The Balaban J connectivity index is 2.14. The summed E-state index contributed by atoms with van der Waals surface area (Å²) >= 11 is -0.163. The van der Waals surface area contributed by atoms with Crippen LogP contribution in [0.25, 0.3) is 0 Å². The molecule has 2 amide bonds. The lowest BCUT2D eigenvalue weighted by Gasteiger charge is -2.48. The molecule has 2 rings (SSSR count). The molecule has 2 fully saturated rings. The van der Waals surface area contributed by atoms with Crippen LogP contribution >= 0.6 is 11.8 Å². The summed E-state index contributed by atoms with van der Waals surface area (Å²) in [5.74, 6) is -0.796. The first-order chi connectivity index (χ1) is 9.58. The number of halogens is 3. The third-order valence-electron chi connectivity index (χ3n) is 4.28. The Hall–Kier alpha value is -0.920. The average molecular weight is 324 g/mol. The lowest BCUT2D eigenvalue weighted by Crippen LogP contribution is -2.73. The van der Waals surface area contributed by atoms with Crippen molar-refractivity contribution in [3.05, 3.63) is 0 Å². The van der Waals surface area contributed by atoms with Gasteiger partial charge in [-0.25, -0.2) is 0 Å². The fourth-order valence-electron chi connectivity index (χ4n) is 3.01. The van der Waals surface area contributed by atoms with Crippen molar-refractivity contribution >= 4 is 23.6 Å². The smallest absolute Gasteiger partial charge is 0.340 e. The molecule has 4 nitrogen and oxygen atoms in total. The van der Waals surface area contributed by atoms with Crippen LogP contribution < -0.4 is 5.32 Å². The zero-order chi connectivity index (χ0) is 15.9. The molecule has 0 bridgehead atoms. The summed E-state index contributed by atoms with van der Waals surface area (Å²) in [6, 6.07) is 0. The molecule has 1 N–H and O–H groups in total. The zero-order valence-corrected chi connectivity index (χ0v) is 12.9. The number of rotatable bonds is 3. The van der Waals surface area contributed by atoms with E-state index in [1.807, 2.05) is 0 Å². The van der Waals surface area contributed by atoms with Crippen LogP contribution in [0, 0.1) is 0 Å². The standard InChI is InChI=1S/C13H19F3N2O2S/c1-11(2)9(19)17-12(5-3-4-6-12)10(20)18(11)7-8-21-13(14,15)16/h3-8H2,1-2H3,(H,17,19). The van der Waals surface area contributed by atoms with Gasteiger partial charge in [-0.3, -0.25) is 9.59 Å². The van der Waals surface area contributed by atoms with Gasteiger partial charge in [0.2, 0.25) is 11.8 Å². The number of nitrogens with zero attached hydrogens (tertiary/aromatic N) is 1. The third kappa shape index (κ3) is 3.14. The van der Waals surface area contributed by atoms with E-state index in [-0.39, 0.29) is 35.9 Å². The molecule has 1 saturated heterocycles. The highest BCUT2D eigenvalue weighted by molar-refractivity contribution is 8.00. The number of thioether (sulfide) groups is 1. The molecular weight excluding hydrogens is 305 g/mol. The van der Waals surface area contributed by atoms with E-state index in [1.165, 1.54) is 4.90 Å². The predicted molar refractivity (Wildman–Crippen MR) is 73.6 cm³/mol. The Labute approximate surface area is 125 Å². The number of hydrogen-bond acceptors (Lipinski definition) is 3. The molecule has 120 valence electrons. The molecule has 1 aliphatic carbocycles. The molecular formula is C13H19F3N2O2S. The van der Waals surface area contributed by atoms with Crippen LogP contribution in [0.5, 0.6) is 0 Å².